The minimum absolute atomic E-state index is 0.0700. The van der Waals surface area contributed by atoms with Gasteiger partial charge in [0.2, 0.25) is 0 Å². The van der Waals surface area contributed by atoms with Crippen LogP contribution in [0.3, 0.4) is 0 Å². The molecular formula is C7H5BrF2INO. The molecule has 0 spiro atoms. The summed E-state index contributed by atoms with van der Waals surface area (Å²) in [5, 5.41) is 9.46. The van der Waals surface area contributed by atoms with Crippen LogP contribution in [-0.4, -0.2) is 10.1 Å². The maximum Gasteiger partial charge on any atom is 0.280 e. The summed E-state index contributed by atoms with van der Waals surface area (Å²) in [6, 6.07) is 1.30. The highest BCUT2D eigenvalue weighted by atomic mass is 127. The van der Waals surface area contributed by atoms with Crippen molar-refractivity contribution in [1.29, 1.82) is 0 Å². The van der Waals surface area contributed by atoms with Crippen LogP contribution in [0, 0.1) is 3.70 Å². The molecular weight excluding hydrogens is 359 g/mol. The number of hydrogen-bond acceptors (Lipinski definition) is 2. The lowest BCUT2D eigenvalue weighted by molar-refractivity contribution is 0.144. The minimum atomic E-state index is -2.61. The van der Waals surface area contributed by atoms with Crippen LogP contribution >= 0.6 is 38.5 Å². The van der Waals surface area contributed by atoms with Gasteiger partial charge in [-0.05, 0) is 34.2 Å². The number of aromatic hydroxyl groups is 1. The first-order chi connectivity index (χ1) is 6.06. The highest BCUT2D eigenvalue weighted by Gasteiger charge is 2.16. The molecule has 1 aromatic rings. The third-order valence-corrected chi connectivity index (χ3v) is 2.82. The van der Waals surface area contributed by atoms with Crippen LogP contribution in [0.1, 0.15) is 17.7 Å². The van der Waals surface area contributed by atoms with Crippen molar-refractivity contribution >= 4 is 38.5 Å². The second kappa shape index (κ2) is 4.50. The van der Waals surface area contributed by atoms with Gasteiger partial charge in [0.05, 0.1) is 0 Å². The first kappa shape index (κ1) is 11.1. The van der Waals surface area contributed by atoms with E-state index in [9.17, 15) is 13.9 Å². The van der Waals surface area contributed by atoms with Gasteiger partial charge in [-0.2, -0.15) is 0 Å². The van der Waals surface area contributed by atoms with Crippen LogP contribution in [0.15, 0.2) is 6.07 Å². The Labute approximate surface area is 95.6 Å². The zero-order chi connectivity index (χ0) is 10.0. The number of pyridine rings is 1. The number of nitrogens with zero attached hydrogens (tertiary/aromatic N) is 1. The summed E-state index contributed by atoms with van der Waals surface area (Å²) in [6.45, 7) is 0. The Hall–Kier alpha value is 0.0200. The third kappa shape index (κ3) is 2.49. The monoisotopic (exact) mass is 363 g/mol. The summed E-state index contributed by atoms with van der Waals surface area (Å²) < 4.78 is 24.9. The quantitative estimate of drug-likeness (QED) is 0.497. The molecule has 1 aromatic heterocycles. The molecule has 72 valence electrons. The van der Waals surface area contributed by atoms with Crippen molar-refractivity contribution in [1.82, 2.24) is 4.98 Å². The van der Waals surface area contributed by atoms with E-state index in [-0.39, 0.29) is 20.5 Å². The van der Waals surface area contributed by atoms with Gasteiger partial charge in [-0.1, -0.05) is 15.9 Å². The molecule has 0 radical (unpaired) electrons. The molecule has 0 atom stereocenters. The fourth-order valence-corrected chi connectivity index (χ4v) is 1.69. The maximum absolute atomic E-state index is 12.4. The summed E-state index contributed by atoms with van der Waals surface area (Å²) in [5.74, 6) is -0.0700. The molecule has 0 bridgehead atoms. The molecule has 1 heterocycles. The molecule has 0 fully saturated rings. The molecule has 0 saturated carbocycles. The van der Waals surface area contributed by atoms with E-state index >= 15 is 0 Å². The van der Waals surface area contributed by atoms with Crippen LogP contribution in [0.4, 0.5) is 8.78 Å². The van der Waals surface area contributed by atoms with Crippen LogP contribution in [0.5, 0.6) is 5.75 Å². The fraction of sp³-hybridized carbons (Fsp3) is 0.286. The van der Waals surface area contributed by atoms with Crippen molar-refractivity contribution in [3.63, 3.8) is 0 Å². The second-order valence-electron chi connectivity index (χ2n) is 2.28. The van der Waals surface area contributed by atoms with Gasteiger partial charge in [0.1, 0.15) is 15.1 Å². The Morgan fingerprint density at radius 2 is 2.23 bits per heavy atom. The molecule has 0 unspecified atom stereocenters. The van der Waals surface area contributed by atoms with Crippen LogP contribution in [-0.2, 0) is 5.33 Å². The van der Waals surface area contributed by atoms with E-state index < -0.39 is 6.43 Å². The summed E-state index contributed by atoms with van der Waals surface area (Å²) in [7, 11) is 0. The Kier molecular flexibility index (Phi) is 3.84. The summed E-state index contributed by atoms with van der Waals surface area (Å²) in [4.78, 5) is 3.60. The largest absolute Gasteiger partial charge is 0.505 e. The molecule has 1 rings (SSSR count). The number of rotatable bonds is 2. The Morgan fingerprint density at radius 1 is 1.62 bits per heavy atom. The topological polar surface area (TPSA) is 33.1 Å². The highest BCUT2D eigenvalue weighted by molar-refractivity contribution is 14.1. The molecule has 6 heteroatoms. The Bertz CT molecular complexity index is 322. The molecule has 0 aliphatic rings. The van der Waals surface area contributed by atoms with Crippen molar-refractivity contribution in [3.05, 3.63) is 21.0 Å². The van der Waals surface area contributed by atoms with Crippen LogP contribution in [0.25, 0.3) is 0 Å². The van der Waals surface area contributed by atoms with E-state index in [4.69, 9.17) is 0 Å². The van der Waals surface area contributed by atoms with E-state index in [2.05, 4.69) is 20.9 Å². The van der Waals surface area contributed by atoms with Crippen molar-refractivity contribution in [2.24, 2.45) is 0 Å². The molecule has 0 amide bonds. The lowest BCUT2D eigenvalue weighted by Gasteiger charge is -2.06. The summed E-state index contributed by atoms with van der Waals surface area (Å²) in [6.07, 6.45) is -2.61. The standard InChI is InChI=1S/C7H5BrF2INO/c8-2-3-1-4(13)7(11)12-5(3)6(9)10/h1,6,13H,2H2. The zero-order valence-corrected chi connectivity index (χ0v) is 10.0. The number of aromatic nitrogens is 1. The maximum atomic E-state index is 12.4. The van der Waals surface area contributed by atoms with E-state index in [1.807, 2.05) is 0 Å². The molecule has 1 N–H and O–H groups in total. The van der Waals surface area contributed by atoms with Gasteiger partial charge in [0.25, 0.3) is 6.43 Å². The predicted molar refractivity (Wildman–Crippen MR) is 56.2 cm³/mol. The molecule has 0 aliphatic carbocycles. The van der Waals surface area contributed by atoms with Gasteiger partial charge in [0, 0.05) is 5.33 Å². The molecule has 13 heavy (non-hydrogen) atoms. The van der Waals surface area contributed by atoms with E-state index in [1.165, 1.54) is 6.07 Å². The van der Waals surface area contributed by atoms with Gasteiger partial charge < -0.3 is 5.11 Å². The van der Waals surface area contributed by atoms with Gasteiger partial charge in [-0.3, -0.25) is 0 Å². The fourth-order valence-electron chi connectivity index (χ4n) is 0.829. The van der Waals surface area contributed by atoms with Gasteiger partial charge in [-0.15, -0.1) is 0 Å². The average Bonchev–Trinajstić information content (AvgIpc) is 2.08. The van der Waals surface area contributed by atoms with Crippen molar-refractivity contribution < 1.29 is 13.9 Å². The van der Waals surface area contributed by atoms with Crippen LogP contribution < -0.4 is 0 Å². The molecule has 0 aromatic carbocycles. The molecule has 2 nitrogen and oxygen atoms in total. The SMILES string of the molecule is Oc1cc(CBr)c(C(F)F)nc1I. The van der Waals surface area contributed by atoms with E-state index in [1.54, 1.807) is 22.6 Å². The lowest BCUT2D eigenvalue weighted by atomic mass is 10.2. The van der Waals surface area contributed by atoms with E-state index in [0.29, 0.717) is 5.56 Å². The Morgan fingerprint density at radius 3 is 2.69 bits per heavy atom. The molecule has 0 saturated heterocycles. The smallest absolute Gasteiger partial charge is 0.280 e. The van der Waals surface area contributed by atoms with Crippen molar-refractivity contribution in [3.8, 4) is 5.75 Å². The van der Waals surface area contributed by atoms with Gasteiger partial charge >= 0.3 is 0 Å². The first-order valence-corrected chi connectivity index (χ1v) is 5.48. The van der Waals surface area contributed by atoms with Crippen molar-refractivity contribution in [2.75, 3.05) is 0 Å². The average molecular weight is 364 g/mol. The normalized spacial score (nSPS) is 10.8. The van der Waals surface area contributed by atoms with Gasteiger partial charge in [0.15, 0.2) is 0 Å². The third-order valence-electron chi connectivity index (χ3n) is 1.42. The Balaban J connectivity index is 3.25. The van der Waals surface area contributed by atoms with Crippen LogP contribution in [0.2, 0.25) is 0 Å². The van der Waals surface area contributed by atoms with E-state index in [0.717, 1.165) is 0 Å². The highest BCUT2D eigenvalue weighted by Crippen LogP contribution is 2.28. The number of halogens is 4. The number of alkyl halides is 3. The first-order valence-electron chi connectivity index (χ1n) is 3.28. The zero-order valence-electron chi connectivity index (χ0n) is 6.27. The summed E-state index contributed by atoms with van der Waals surface area (Å²) >= 11 is 4.76. The van der Waals surface area contributed by atoms with Gasteiger partial charge in [-0.25, -0.2) is 13.8 Å². The number of hydrogen-bond donors (Lipinski definition) is 1. The second-order valence-corrected chi connectivity index (χ2v) is 3.86. The lowest BCUT2D eigenvalue weighted by Crippen LogP contribution is -1.98. The summed E-state index contributed by atoms with van der Waals surface area (Å²) in [5.41, 5.74) is 0.0343. The van der Waals surface area contributed by atoms with Crippen molar-refractivity contribution in [2.45, 2.75) is 11.8 Å². The minimum Gasteiger partial charge on any atom is -0.505 e. The predicted octanol–water partition coefficient (Wildman–Crippen LogP) is 3.22. The molecule has 0 aliphatic heterocycles.